The van der Waals surface area contributed by atoms with Crippen LogP contribution in [0.25, 0.3) is 22.2 Å². The smallest absolute Gasteiger partial charge is 0.272 e. The maximum Gasteiger partial charge on any atom is 0.272 e. The van der Waals surface area contributed by atoms with Gasteiger partial charge < -0.3 is 4.42 Å². The SMILES string of the molecule is FC(F)c1cc(-c2ccc3ncoc3c2)cs1. The van der Waals surface area contributed by atoms with E-state index in [2.05, 4.69) is 4.98 Å². The Kier molecular flexibility index (Phi) is 2.40. The molecule has 0 aliphatic rings. The van der Waals surface area contributed by atoms with Crippen molar-refractivity contribution in [1.82, 2.24) is 4.98 Å². The molecule has 86 valence electrons. The average Bonchev–Trinajstić information content (AvgIpc) is 2.97. The number of thiophene rings is 1. The van der Waals surface area contributed by atoms with E-state index in [0.29, 0.717) is 5.58 Å². The highest BCUT2D eigenvalue weighted by Gasteiger charge is 2.11. The number of nitrogens with zero attached hydrogens (tertiary/aromatic N) is 1. The minimum atomic E-state index is -2.41. The van der Waals surface area contributed by atoms with Crippen molar-refractivity contribution in [2.75, 3.05) is 0 Å². The fraction of sp³-hybridized carbons (Fsp3) is 0.0833. The highest BCUT2D eigenvalue weighted by molar-refractivity contribution is 7.10. The van der Waals surface area contributed by atoms with Crippen LogP contribution in [-0.2, 0) is 0 Å². The minimum Gasteiger partial charge on any atom is -0.443 e. The third-order valence-electron chi connectivity index (χ3n) is 2.50. The van der Waals surface area contributed by atoms with Crippen LogP contribution in [-0.4, -0.2) is 4.98 Å². The molecule has 0 spiro atoms. The summed E-state index contributed by atoms with van der Waals surface area (Å²) in [4.78, 5) is 4.08. The number of oxazole rings is 1. The molecular weight excluding hydrogens is 244 g/mol. The first-order valence-corrected chi connectivity index (χ1v) is 5.82. The Morgan fingerprint density at radius 3 is 2.82 bits per heavy atom. The van der Waals surface area contributed by atoms with Crippen molar-refractivity contribution >= 4 is 22.4 Å². The fourth-order valence-electron chi connectivity index (χ4n) is 1.65. The monoisotopic (exact) mass is 251 g/mol. The van der Waals surface area contributed by atoms with Gasteiger partial charge in [-0.2, -0.15) is 0 Å². The van der Waals surface area contributed by atoms with Crippen LogP contribution in [0.4, 0.5) is 8.78 Å². The van der Waals surface area contributed by atoms with E-state index in [-0.39, 0.29) is 4.88 Å². The van der Waals surface area contributed by atoms with E-state index in [1.54, 1.807) is 11.4 Å². The van der Waals surface area contributed by atoms with Crippen LogP contribution in [0.1, 0.15) is 11.3 Å². The second-order valence-corrected chi connectivity index (χ2v) is 4.52. The summed E-state index contributed by atoms with van der Waals surface area (Å²) >= 11 is 1.06. The predicted octanol–water partition coefficient (Wildman–Crippen LogP) is 4.49. The van der Waals surface area contributed by atoms with Gasteiger partial charge >= 0.3 is 0 Å². The molecule has 0 saturated heterocycles. The highest BCUT2D eigenvalue weighted by atomic mass is 32.1. The van der Waals surface area contributed by atoms with Crippen molar-refractivity contribution in [3.8, 4) is 11.1 Å². The lowest BCUT2D eigenvalue weighted by molar-refractivity contribution is 0.155. The summed E-state index contributed by atoms with van der Waals surface area (Å²) in [6.07, 6.45) is -1.05. The van der Waals surface area contributed by atoms with Crippen molar-refractivity contribution in [1.29, 1.82) is 0 Å². The minimum absolute atomic E-state index is 0.0812. The number of fused-ring (bicyclic) bond motifs is 1. The topological polar surface area (TPSA) is 26.0 Å². The van der Waals surface area contributed by atoms with E-state index in [9.17, 15) is 8.78 Å². The van der Waals surface area contributed by atoms with Crippen LogP contribution in [0.3, 0.4) is 0 Å². The van der Waals surface area contributed by atoms with Gasteiger partial charge in [-0.3, -0.25) is 0 Å². The van der Waals surface area contributed by atoms with Gasteiger partial charge in [0.05, 0.1) is 4.88 Å². The second kappa shape index (κ2) is 3.92. The Balaban J connectivity index is 2.06. The maximum absolute atomic E-state index is 12.5. The standard InChI is InChI=1S/C12H7F2NOS/c13-12(14)11-4-8(5-17-11)7-1-2-9-10(3-7)16-6-15-9/h1-6,12H. The quantitative estimate of drug-likeness (QED) is 0.670. The van der Waals surface area contributed by atoms with Gasteiger partial charge in [-0.25, -0.2) is 13.8 Å². The molecule has 0 aliphatic carbocycles. The van der Waals surface area contributed by atoms with Gasteiger partial charge in [-0.1, -0.05) is 6.07 Å². The number of hydrogen-bond donors (Lipinski definition) is 0. The number of alkyl halides is 2. The molecule has 2 nitrogen and oxygen atoms in total. The zero-order chi connectivity index (χ0) is 11.8. The maximum atomic E-state index is 12.5. The predicted molar refractivity (Wildman–Crippen MR) is 62.3 cm³/mol. The lowest BCUT2D eigenvalue weighted by Gasteiger charge is -1.96. The van der Waals surface area contributed by atoms with Gasteiger partial charge in [-0.15, -0.1) is 11.3 Å². The lowest BCUT2D eigenvalue weighted by Crippen LogP contribution is -1.76. The molecule has 0 atom stereocenters. The molecule has 0 saturated carbocycles. The Hall–Kier alpha value is -1.75. The molecule has 0 aliphatic heterocycles. The zero-order valence-corrected chi connectivity index (χ0v) is 9.38. The summed E-state index contributed by atoms with van der Waals surface area (Å²) in [6.45, 7) is 0. The van der Waals surface area contributed by atoms with Crippen LogP contribution < -0.4 is 0 Å². The van der Waals surface area contributed by atoms with Crippen LogP contribution in [0.15, 0.2) is 40.5 Å². The summed E-state index contributed by atoms with van der Waals surface area (Å²) in [5, 5.41) is 1.72. The molecule has 0 fully saturated rings. The number of aromatic nitrogens is 1. The summed E-state index contributed by atoms with van der Waals surface area (Å²) in [6, 6.07) is 6.97. The highest BCUT2D eigenvalue weighted by Crippen LogP contribution is 2.32. The Morgan fingerprint density at radius 2 is 2.06 bits per heavy atom. The second-order valence-electron chi connectivity index (χ2n) is 3.57. The average molecular weight is 251 g/mol. The zero-order valence-electron chi connectivity index (χ0n) is 8.56. The fourth-order valence-corrected chi connectivity index (χ4v) is 2.42. The van der Waals surface area contributed by atoms with Crippen molar-refractivity contribution in [2.45, 2.75) is 6.43 Å². The van der Waals surface area contributed by atoms with Gasteiger partial charge in [0.25, 0.3) is 6.43 Å². The first-order chi connectivity index (χ1) is 8.24. The molecule has 2 aromatic heterocycles. The number of halogens is 2. The molecule has 5 heteroatoms. The Morgan fingerprint density at radius 1 is 1.18 bits per heavy atom. The molecule has 2 heterocycles. The van der Waals surface area contributed by atoms with Gasteiger partial charge in [0.15, 0.2) is 12.0 Å². The normalized spacial score (nSPS) is 11.5. The van der Waals surface area contributed by atoms with Gasteiger partial charge in [0.1, 0.15) is 5.52 Å². The Bertz CT molecular complexity index is 659. The van der Waals surface area contributed by atoms with Gasteiger partial charge in [-0.05, 0) is 34.7 Å². The largest absolute Gasteiger partial charge is 0.443 e. The van der Waals surface area contributed by atoms with E-state index >= 15 is 0 Å². The molecule has 0 unspecified atom stereocenters. The number of benzene rings is 1. The first-order valence-electron chi connectivity index (χ1n) is 4.94. The van der Waals surface area contributed by atoms with Crippen molar-refractivity contribution < 1.29 is 13.2 Å². The summed E-state index contributed by atoms with van der Waals surface area (Å²) in [7, 11) is 0. The van der Waals surface area contributed by atoms with E-state index in [4.69, 9.17) is 4.42 Å². The van der Waals surface area contributed by atoms with E-state index < -0.39 is 6.43 Å². The molecule has 0 N–H and O–H groups in total. The van der Waals surface area contributed by atoms with Crippen LogP contribution in [0.5, 0.6) is 0 Å². The Labute approximate surface area is 99.5 Å². The molecule has 0 radical (unpaired) electrons. The van der Waals surface area contributed by atoms with Crippen LogP contribution >= 0.6 is 11.3 Å². The summed E-state index contributed by atoms with van der Waals surface area (Å²) in [5.41, 5.74) is 3.06. The van der Waals surface area contributed by atoms with Crippen LogP contribution in [0, 0.1) is 0 Å². The molecule has 0 amide bonds. The number of rotatable bonds is 2. The van der Waals surface area contributed by atoms with Crippen molar-refractivity contribution in [2.24, 2.45) is 0 Å². The molecule has 3 aromatic rings. The summed E-state index contributed by atoms with van der Waals surface area (Å²) in [5.74, 6) is 0. The van der Waals surface area contributed by atoms with Crippen molar-refractivity contribution in [3.05, 3.63) is 40.9 Å². The van der Waals surface area contributed by atoms with E-state index in [1.807, 2.05) is 12.1 Å². The van der Waals surface area contributed by atoms with E-state index in [1.165, 1.54) is 12.5 Å². The first kappa shape index (κ1) is 10.4. The third-order valence-corrected chi connectivity index (χ3v) is 3.44. The third kappa shape index (κ3) is 1.82. The van der Waals surface area contributed by atoms with Gasteiger partial charge in [0, 0.05) is 0 Å². The van der Waals surface area contributed by atoms with Crippen LogP contribution in [0.2, 0.25) is 0 Å². The number of hydrogen-bond acceptors (Lipinski definition) is 3. The lowest BCUT2D eigenvalue weighted by atomic mass is 10.1. The molecule has 1 aromatic carbocycles. The summed E-state index contributed by atoms with van der Waals surface area (Å²) < 4.78 is 30.1. The van der Waals surface area contributed by atoms with E-state index in [0.717, 1.165) is 28.0 Å². The molecule has 17 heavy (non-hydrogen) atoms. The molecule has 0 bridgehead atoms. The van der Waals surface area contributed by atoms with Gasteiger partial charge in [0.2, 0.25) is 0 Å². The molecule has 3 rings (SSSR count). The molecular formula is C12H7F2NOS. The van der Waals surface area contributed by atoms with Crippen molar-refractivity contribution in [3.63, 3.8) is 0 Å².